The molecule has 2 N–H and O–H groups in total. The molecule has 0 aliphatic rings. The number of benzene rings is 3. The molecule has 0 amide bonds. The third-order valence-corrected chi connectivity index (χ3v) is 14.5. The van der Waals surface area contributed by atoms with Gasteiger partial charge in [-0.3, -0.25) is 0 Å². The van der Waals surface area contributed by atoms with Crippen LogP contribution in [0.1, 0.15) is 65.5 Å². The molecule has 0 bridgehead atoms. The van der Waals surface area contributed by atoms with Crippen LogP contribution >= 0.6 is 0 Å². The van der Waals surface area contributed by atoms with Gasteiger partial charge in [-0.15, -0.1) is 0 Å². The highest BCUT2D eigenvalue weighted by molar-refractivity contribution is 6.61. The van der Waals surface area contributed by atoms with E-state index in [1.54, 1.807) is 24.3 Å². The number of hydrogen-bond acceptors (Lipinski definition) is 12. The molecule has 54 heavy (non-hydrogen) atoms. The first-order chi connectivity index (χ1) is 26.2. The molecule has 0 atom stereocenters. The minimum atomic E-state index is -2.74. The molecule has 0 saturated carbocycles. The number of aromatic hydroxyl groups is 2. The summed E-state index contributed by atoms with van der Waals surface area (Å²) < 4.78 is 59.3. The standard InChI is InChI=1S/C40H62O12Si2/c1-7-47-53(48-8-2,49-9-3)29-13-15-33-31-37(21-23-39(33)41)45-27-25-43-35-17-19-36(20-18-35)44-26-28-46-38-22-24-40(42)34(32-38)16-14-30-54(50-10-4,51-11-5)52-12-6/h17-24,31-32,41-42H,7-16,25-30H2,1-6H3. The monoisotopic (exact) mass is 790 g/mol. The van der Waals surface area contributed by atoms with Gasteiger partial charge in [-0.1, -0.05) is 0 Å². The van der Waals surface area contributed by atoms with Gasteiger partial charge in [0.15, 0.2) is 0 Å². The van der Waals surface area contributed by atoms with Gasteiger partial charge in [0, 0.05) is 51.7 Å². The van der Waals surface area contributed by atoms with Crippen molar-refractivity contribution in [1.29, 1.82) is 0 Å². The van der Waals surface area contributed by atoms with Crippen LogP contribution in [-0.4, -0.2) is 93.9 Å². The Labute approximate surface area is 324 Å². The second kappa shape index (κ2) is 24.9. The minimum absolute atomic E-state index is 0.229. The first kappa shape index (κ1) is 45.0. The fourth-order valence-corrected chi connectivity index (χ4v) is 11.2. The van der Waals surface area contributed by atoms with Crippen LogP contribution in [0.25, 0.3) is 0 Å². The van der Waals surface area contributed by atoms with Gasteiger partial charge in [-0.05, 0) is 139 Å². The summed E-state index contributed by atoms with van der Waals surface area (Å²) >= 11 is 0. The van der Waals surface area contributed by atoms with E-state index in [2.05, 4.69) is 0 Å². The molecule has 3 aromatic rings. The Bertz CT molecular complexity index is 1320. The van der Waals surface area contributed by atoms with Gasteiger partial charge >= 0.3 is 17.6 Å². The van der Waals surface area contributed by atoms with E-state index in [1.165, 1.54) is 0 Å². The van der Waals surface area contributed by atoms with Crippen LogP contribution in [0.4, 0.5) is 0 Å². The van der Waals surface area contributed by atoms with E-state index in [0.29, 0.717) is 114 Å². The molecule has 302 valence electrons. The lowest BCUT2D eigenvalue weighted by Gasteiger charge is -2.28. The normalized spacial score (nSPS) is 11.8. The molecule has 14 heteroatoms. The van der Waals surface area contributed by atoms with Gasteiger partial charge in [0.2, 0.25) is 0 Å². The molecule has 0 saturated heterocycles. The zero-order valence-electron chi connectivity index (χ0n) is 33.1. The Morgan fingerprint density at radius 1 is 0.407 bits per heavy atom. The van der Waals surface area contributed by atoms with Crippen molar-refractivity contribution in [2.45, 2.75) is 79.3 Å². The number of aryl methyl sites for hydroxylation is 2. The molecule has 3 rings (SSSR count). The number of phenols is 2. The largest absolute Gasteiger partial charge is 0.508 e. The first-order valence-corrected chi connectivity index (χ1v) is 23.2. The first-order valence-electron chi connectivity index (χ1n) is 19.3. The van der Waals surface area contributed by atoms with E-state index < -0.39 is 17.6 Å². The van der Waals surface area contributed by atoms with Gasteiger partial charge in [0.25, 0.3) is 0 Å². The average Bonchev–Trinajstić information content (AvgIpc) is 3.15. The molecule has 0 heterocycles. The smallest absolute Gasteiger partial charge is 0.500 e. The van der Waals surface area contributed by atoms with Gasteiger partial charge in [-0.25, -0.2) is 0 Å². The Hall–Kier alpha value is -3.35. The minimum Gasteiger partial charge on any atom is -0.508 e. The van der Waals surface area contributed by atoms with Crippen molar-refractivity contribution in [1.82, 2.24) is 0 Å². The predicted molar refractivity (Wildman–Crippen MR) is 212 cm³/mol. The van der Waals surface area contributed by atoms with Crippen LogP contribution in [0.3, 0.4) is 0 Å². The number of phenolic OH excluding ortho intramolecular Hbond substituents is 2. The lowest BCUT2D eigenvalue weighted by Crippen LogP contribution is -2.46. The molecule has 0 unspecified atom stereocenters. The summed E-state index contributed by atoms with van der Waals surface area (Å²) in [7, 11) is -5.48. The van der Waals surface area contributed by atoms with E-state index in [-0.39, 0.29) is 11.5 Å². The second-order valence-electron chi connectivity index (χ2n) is 12.1. The van der Waals surface area contributed by atoms with Crippen LogP contribution in [-0.2, 0) is 39.4 Å². The Kier molecular flexibility index (Phi) is 20.8. The maximum Gasteiger partial charge on any atom is 0.500 e. The van der Waals surface area contributed by atoms with Crippen molar-refractivity contribution in [3.63, 3.8) is 0 Å². The van der Waals surface area contributed by atoms with E-state index in [0.717, 1.165) is 24.0 Å². The maximum atomic E-state index is 10.4. The maximum absolute atomic E-state index is 10.4. The summed E-state index contributed by atoms with van der Waals surface area (Å²) in [6.45, 7) is 16.2. The van der Waals surface area contributed by atoms with Crippen molar-refractivity contribution < 1.29 is 55.7 Å². The van der Waals surface area contributed by atoms with Crippen molar-refractivity contribution in [2.24, 2.45) is 0 Å². The zero-order valence-corrected chi connectivity index (χ0v) is 35.1. The summed E-state index contributed by atoms with van der Waals surface area (Å²) in [4.78, 5) is 0. The van der Waals surface area contributed by atoms with Crippen LogP contribution in [0.5, 0.6) is 34.5 Å². The molecule has 0 spiro atoms. The Morgan fingerprint density at radius 3 is 0.981 bits per heavy atom. The fraction of sp³-hybridized carbons (Fsp3) is 0.550. The van der Waals surface area contributed by atoms with Gasteiger partial charge in [0.1, 0.15) is 60.9 Å². The molecular formula is C40H62O12Si2. The van der Waals surface area contributed by atoms with E-state index in [4.69, 9.17) is 45.5 Å². The van der Waals surface area contributed by atoms with Gasteiger partial charge < -0.3 is 55.7 Å². The van der Waals surface area contributed by atoms with E-state index in [9.17, 15) is 10.2 Å². The molecule has 0 aliphatic heterocycles. The van der Waals surface area contributed by atoms with Crippen LogP contribution < -0.4 is 18.9 Å². The zero-order chi connectivity index (χ0) is 39.1. The summed E-state index contributed by atoms with van der Waals surface area (Å²) in [5.41, 5.74) is 1.60. The van der Waals surface area contributed by atoms with Crippen molar-refractivity contribution >= 4 is 17.6 Å². The molecule has 3 aromatic carbocycles. The highest BCUT2D eigenvalue weighted by Gasteiger charge is 2.40. The van der Waals surface area contributed by atoms with E-state index in [1.807, 2.05) is 77.9 Å². The topological polar surface area (TPSA) is 133 Å². The highest BCUT2D eigenvalue weighted by atomic mass is 28.4. The van der Waals surface area contributed by atoms with Crippen molar-refractivity contribution in [3.8, 4) is 34.5 Å². The second-order valence-corrected chi connectivity index (χ2v) is 17.6. The Balaban J connectivity index is 1.38. The SMILES string of the molecule is CCO[Si](CCCc1cc(OCCOc2ccc(OCCOc3ccc(O)c(CCC[Si](OCC)(OCC)OCC)c3)cc2)ccc1O)(OCC)OCC. The Morgan fingerprint density at radius 2 is 0.685 bits per heavy atom. The summed E-state index contributed by atoms with van der Waals surface area (Å²) in [5.74, 6) is 3.17. The van der Waals surface area contributed by atoms with E-state index >= 15 is 0 Å². The average molecular weight is 791 g/mol. The molecule has 12 nitrogen and oxygen atoms in total. The molecule has 0 radical (unpaired) electrons. The fourth-order valence-electron chi connectivity index (χ4n) is 5.97. The molecule has 0 fully saturated rings. The van der Waals surface area contributed by atoms with Crippen molar-refractivity contribution in [3.05, 3.63) is 71.8 Å². The molecular weight excluding hydrogens is 729 g/mol. The van der Waals surface area contributed by atoms with Gasteiger partial charge in [0.05, 0.1) is 0 Å². The van der Waals surface area contributed by atoms with Gasteiger partial charge in [-0.2, -0.15) is 0 Å². The molecule has 0 aliphatic carbocycles. The number of ether oxygens (including phenoxy) is 4. The van der Waals surface area contributed by atoms with Crippen LogP contribution in [0, 0.1) is 0 Å². The molecule has 0 aromatic heterocycles. The van der Waals surface area contributed by atoms with Crippen LogP contribution in [0.2, 0.25) is 12.1 Å². The van der Waals surface area contributed by atoms with Crippen LogP contribution in [0.15, 0.2) is 60.7 Å². The summed E-state index contributed by atoms with van der Waals surface area (Å²) in [5, 5.41) is 20.9. The lowest BCUT2D eigenvalue weighted by molar-refractivity contribution is 0.0700. The predicted octanol–water partition coefficient (Wildman–Crippen LogP) is 7.98. The summed E-state index contributed by atoms with van der Waals surface area (Å²) in [6, 6.07) is 19.2. The quantitative estimate of drug-likeness (QED) is 0.0501. The number of rotatable bonds is 30. The third-order valence-electron chi connectivity index (χ3n) is 8.21. The highest BCUT2D eigenvalue weighted by Crippen LogP contribution is 2.29. The summed E-state index contributed by atoms with van der Waals surface area (Å²) in [6.07, 6.45) is 2.79. The third kappa shape index (κ3) is 15.4. The lowest BCUT2D eigenvalue weighted by atomic mass is 10.1. The number of hydrogen-bond donors (Lipinski definition) is 2. The van der Waals surface area contributed by atoms with Crippen molar-refractivity contribution in [2.75, 3.05) is 66.1 Å².